The van der Waals surface area contributed by atoms with E-state index in [0.29, 0.717) is 51.9 Å². The summed E-state index contributed by atoms with van der Waals surface area (Å²) >= 11 is 1.30. The van der Waals surface area contributed by atoms with Gasteiger partial charge in [0, 0.05) is 42.9 Å². The van der Waals surface area contributed by atoms with Crippen LogP contribution < -0.4 is 16.6 Å². The van der Waals surface area contributed by atoms with Crippen LogP contribution in [0.1, 0.15) is 62.6 Å². The van der Waals surface area contributed by atoms with Gasteiger partial charge in [-0.2, -0.15) is 0 Å². The molecule has 1 N–H and O–H groups in total. The van der Waals surface area contributed by atoms with Crippen molar-refractivity contribution in [3.05, 3.63) is 56.5 Å². The van der Waals surface area contributed by atoms with Gasteiger partial charge >= 0.3 is 5.69 Å². The summed E-state index contributed by atoms with van der Waals surface area (Å²) in [5.74, 6) is 0.697. The second-order valence-electron chi connectivity index (χ2n) is 8.32. The lowest BCUT2D eigenvalue weighted by Crippen LogP contribution is -2.39. The second-order valence-corrected chi connectivity index (χ2v) is 9.40. The van der Waals surface area contributed by atoms with Gasteiger partial charge in [-0.25, -0.2) is 14.8 Å². The molecule has 0 aliphatic carbocycles. The minimum Gasteiger partial charge on any atom is -0.326 e. The van der Waals surface area contributed by atoms with Crippen LogP contribution in [0.25, 0.3) is 11.0 Å². The van der Waals surface area contributed by atoms with Crippen LogP contribution in [0.2, 0.25) is 0 Å². The fraction of sp³-hybridized carbons (Fsp3) is 0.417. The third kappa shape index (κ3) is 5.44. The molecule has 1 amide bonds. The highest BCUT2D eigenvalue weighted by Gasteiger charge is 2.20. The van der Waals surface area contributed by atoms with Crippen LogP contribution in [0.4, 0.5) is 5.69 Å². The number of hydrogen-bond acceptors (Lipinski definition) is 7. The molecule has 0 aliphatic rings. The fourth-order valence-electron chi connectivity index (χ4n) is 3.39. The van der Waals surface area contributed by atoms with Gasteiger partial charge in [0.15, 0.2) is 11.4 Å². The summed E-state index contributed by atoms with van der Waals surface area (Å²) in [5, 5.41) is 3.57. The number of fused-ring (bicyclic) bond motifs is 1. The Hall–Kier alpha value is -3.27. The summed E-state index contributed by atoms with van der Waals surface area (Å²) in [5.41, 5.74) is 0.672. The molecule has 0 atom stereocenters. The number of anilines is 1. The maximum atomic E-state index is 13.0. The topological polar surface area (TPSA) is 116 Å². The van der Waals surface area contributed by atoms with E-state index >= 15 is 0 Å². The van der Waals surface area contributed by atoms with Gasteiger partial charge in [0.2, 0.25) is 5.91 Å². The van der Waals surface area contributed by atoms with Crippen molar-refractivity contribution < 1.29 is 9.59 Å². The average molecular weight is 484 g/mol. The molecule has 0 saturated heterocycles. The number of benzene rings is 1. The fourth-order valence-corrected chi connectivity index (χ4v) is 4.36. The number of rotatable bonds is 9. The number of aromatic nitrogens is 4. The normalized spacial score (nSPS) is 11.2. The molecule has 0 saturated carbocycles. The summed E-state index contributed by atoms with van der Waals surface area (Å²) in [6.07, 6.45) is 0.904. The number of nitrogens with zero attached hydrogens (tertiary/aromatic N) is 4. The van der Waals surface area contributed by atoms with Crippen LogP contribution in [-0.2, 0) is 18.4 Å². The highest BCUT2D eigenvalue weighted by molar-refractivity contribution is 7.99. The van der Waals surface area contributed by atoms with Crippen LogP contribution in [0, 0.1) is 0 Å². The highest BCUT2D eigenvalue weighted by Crippen LogP contribution is 2.25. The molecule has 34 heavy (non-hydrogen) atoms. The molecule has 3 rings (SSSR count). The van der Waals surface area contributed by atoms with Crippen LogP contribution >= 0.6 is 11.8 Å². The van der Waals surface area contributed by atoms with Gasteiger partial charge in [-0.05, 0) is 37.6 Å². The molecule has 2 aromatic heterocycles. The number of ketones is 1. The molecule has 0 bridgehead atoms. The Kier molecular flexibility index (Phi) is 8.03. The van der Waals surface area contributed by atoms with Gasteiger partial charge in [0.1, 0.15) is 16.2 Å². The minimum absolute atomic E-state index is 0.000686. The van der Waals surface area contributed by atoms with Crippen LogP contribution in [0.15, 0.2) is 38.9 Å². The van der Waals surface area contributed by atoms with Crippen LogP contribution in [0.5, 0.6) is 0 Å². The van der Waals surface area contributed by atoms with E-state index in [4.69, 9.17) is 0 Å². The Labute approximate surface area is 201 Å². The van der Waals surface area contributed by atoms with Gasteiger partial charge in [-0.15, -0.1) is 11.8 Å². The monoisotopic (exact) mass is 483 g/mol. The number of Topliss-reactive ketones (excluding diaryl/α,β-unsaturated/α-hetero) is 1. The lowest BCUT2D eigenvalue weighted by Gasteiger charge is -2.15. The predicted molar refractivity (Wildman–Crippen MR) is 134 cm³/mol. The Bertz CT molecular complexity index is 1340. The van der Waals surface area contributed by atoms with Gasteiger partial charge in [-0.3, -0.25) is 23.5 Å². The van der Waals surface area contributed by atoms with E-state index in [1.54, 1.807) is 24.3 Å². The van der Waals surface area contributed by atoms with E-state index in [2.05, 4.69) is 15.3 Å². The second kappa shape index (κ2) is 10.8. The molecule has 0 radical (unpaired) electrons. The van der Waals surface area contributed by atoms with E-state index in [9.17, 15) is 19.2 Å². The number of amides is 1. The third-order valence-corrected chi connectivity index (χ3v) is 6.25. The number of carbonyl (C=O) groups excluding carboxylic acids is 2. The highest BCUT2D eigenvalue weighted by atomic mass is 32.2. The zero-order valence-electron chi connectivity index (χ0n) is 20.0. The van der Waals surface area contributed by atoms with Crippen molar-refractivity contribution >= 4 is 40.2 Å². The minimum atomic E-state index is -0.444. The molecule has 0 fully saturated rings. The molecule has 1 aromatic carbocycles. The summed E-state index contributed by atoms with van der Waals surface area (Å²) in [6, 6.07) is 6.70. The molecule has 180 valence electrons. The van der Waals surface area contributed by atoms with Crippen molar-refractivity contribution in [3.8, 4) is 0 Å². The molecular formula is C24H29N5O4S. The smallest absolute Gasteiger partial charge is 0.326 e. The Morgan fingerprint density at radius 2 is 1.79 bits per heavy atom. The predicted octanol–water partition coefficient (Wildman–Crippen LogP) is 3.35. The van der Waals surface area contributed by atoms with E-state index in [1.807, 2.05) is 20.8 Å². The Morgan fingerprint density at radius 1 is 1.12 bits per heavy atom. The summed E-state index contributed by atoms with van der Waals surface area (Å²) in [7, 11) is 1.45. The molecule has 3 aromatic rings. The largest absolute Gasteiger partial charge is 0.332 e. The molecule has 2 heterocycles. The number of nitrogens with one attached hydrogen (secondary N) is 1. The first-order valence-electron chi connectivity index (χ1n) is 11.2. The summed E-state index contributed by atoms with van der Waals surface area (Å²) < 4.78 is 2.60. The number of hydrogen-bond donors (Lipinski definition) is 1. The standard InChI is InChI=1S/C24H29N5O4S/c1-6-12-29-21-19(23(32)28(5)24(29)33)22(27-20(26-21)14(2)3)34-13-11-18(31)25-17-9-7-16(8-10-17)15(4)30/h7-10,14H,6,11-13H2,1-5H3,(H,25,31). The van der Waals surface area contributed by atoms with Gasteiger partial charge < -0.3 is 5.32 Å². The zero-order chi connectivity index (χ0) is 25.0. The molecule has 10 heteroatoms. The Balaban J connectivity index is 1.86. The lowest BCUT2D eigenvalue weighted by atomic mass is 10.1. The van der Waals surface area contributed by atoms with E-state index < -0.39 is 11.2 Å². The van der Waals surface area contributed by atoms with Crippen molar-refractivity contribution in [1.82, 2.24) is 19.1 Å². The molecular weight excluding hydrogens is 454 g/mol. The van der Waals surface area contributed by atoms with Crippen LogP contribution in [0.3, 0.4) is 0 Å². The SMILES string of the molecule is CCCn1c(=O)n(C)c(=O)c2c(SCCC(=O)Nc3ccc(C(C)=O)cc3)nc(C(C)C)nc21. The van der Waals surface area contributed by atoms with Gasteiger partial charge in [0.05, 0.1) is 0 Å². The van der Waals surface area contributed by atoms with Crippen molar-refractivity contribution in [2.24, 2.45) is 7.05 Å². The van der Waals surface area contributed by atoms with E-state index in [0.717, 1.165) is 4.57 Å². The lowest BCUT2D eigenvalue weighted by molar-refractivity contribution is -0.115. The first-order chi connectivity index (χ1) is 16.1. The number of thioether (sulfide) groups is 1. The first-order valence-corrected chi connectivity index (χ1v) is 12.2. The van der Waals surface area contributed by atoms with Crippen molar-refractivity contribution in [2.75, 3.05) is 11.1 Å². The van der Waals surface area contributed by atoms with E-state index in [-0.39, 0.29) is 24.0 Å². The average Bonchev–Trinajstić information content (AvgIpc) is 2.80. The van der Waals surface area contributed by atoms with E-state index in [1.165, 1.54) is 30.3 Å². The quantitative estimate of drug-likeness (QED) is 0.282. The maximum Gasteiger partial charge on any atom is 0.332 e. The van der Waals surface area contributed by atoms with Crippen molar-refractivity contribution in [1.29, 1.82) is 0 Å². The number of aryl methyl sites for hydroxylation is 1. The Morgan fingerprint density at radius 3 is 2.38 bits per heavy atom. The van der Waals surface area contributed by atoms with Crippen LogP contribution in [-0.4, -0.2) is 36.5 Å². The molecule has 0 aliphatic heterocycles. The molecule has 0 spiro atoms. The summed E-state index contributed by atoms with van der Waals surface area (Å²) in [6.45, 7) is 7.78. The van der Waals surface area contributed by atoms with Gasteiger partial charge in [-0.1, -0.05) is 20.8 Å². The maximum absolute atomic E-state index is 13.0. The molecule has 9 nitrogen and oxygen atoms in total. The van der Waals surface area contributed by atoms with Gasteiger partial charge in [0.25, 0.3) is 5.56 Å². The molecule has 0 unspecified atom stereocenters. The van der Waals surface area contributed by atoms with Crippen molar-refractivity contribution in [2.45, 2.75) is 58.0 Å². The summed E-state index contributed by atoms with van der Waals surface area (Å²) in [4.78, 5) is 58.7. The number of carbonyl (C=O) groups is 2. The zero-order valence-corrected chi connectivity index (χ0v) is 20.9. The van der Waals surface area contributed by atoms with Crippen molar-refractivity contribution in [3.63, 3.8) is 0 Å². The third-order valence-electron chi connectivity index (χ3n) is 5.27. The first kappa shape index (κ1) is 25.4.